The molecule has 0 unspecified atom stereocenters. The smallest absolute Gasteiger partial charge is 0.251 e. The minimum absolute atomic E-state index is 0.0471. The van der Waals surface area contributed by atoms with Gasteiger partial charge in [0.2, 0.25) is 5.91 Å². The molecule has 9 nitrogen and oxygen atoms in total. The summed E-state index contributed by atoms with van der Waals surface area (Å²) < 4.78 is 11.7. The summed E-state index contributed by atoms with van der Waals surface area (Å²) in [5, 5.41) is 26.5. The molecule has 1 fully saturated rings. The van der Waals surface area contributed by atoms with Gasteiger partial charge < -0.3 is 25.2 Å². The summed E-state index contributed by atoms with van der Waals surface area (Å²) in [5.41, 5.74) is 0.903. The van der Waals surface area contributed by atoms with Gasteiger partial charge in [0.05, 0.1) is 25.1 Å². The number of carbonyl (C=O) groups excluding carboxylic acids is 2. The summed E-state index contributed by atoms with van der Waals surface area (Å²) in [4.78, 5) is 28.7. The molecule has 5 aliphatic heterocycles. The Labute approximate surface area is 227 Å². The van der Waals surface area contributed by atoms with Crippen LogP contribution in [0.4, 0.5) is 0 Å². The zero-order chi connectivity index (χ0) is 27.4. The summed E-state index contributed by atoms with van der Waals surface area (Å²) in [6.45, 7) is 4.16. The summed E-state index contributed by atoms with van der Waals surface area (Å²) in [6.07, 6.45) is 7.01. The summed E-state index contributed by atoms with van der Waals surface area (Å²) in [5.74, 6) is 0.864. The molecule has 1 saturated heterocycles. The monoisotopic (exact) mass is 530 g/mol. The van der Waals surface area contributed by atoms with Crippen molar-refractivity contribution >= 4 is 23.8 Å². The molecule has 204 valence electrons. The van der Waals surface area contributed by atoms with Gasteiger partial charge in [0.25, 0.3) is 5.91 Å². The van der Waals surface area contributed by atoms with Crippen molar-refractivity contribution in [2.45, 2.75) is 69.2 Å². The van der Waals surface area contributed by atoms with Gasteiger partial charge >= 0.3 is 0 Å². The average Bonchev–Trinajstić information content (AvgIpc) is 2.91. The number of nitrogens with one attached hydrogen (secondary N) is 3. The van der Waals surface area contributed by atoms with Gasteiger partial charge in [-0.1, -0.05) is 25.1 Å². The van der Waals surface area contributed by atoms with E-state index in [1.54, 1.807) is 25.1 Å². The lowest BCUT2D eigenvalue weighted by Crippen LogP contribution is -2.63. The van der Waals surface area contributed by atoms with Crippen molar-refractivity contribution in [2.75, 3.05) is 13.2 Å². The number of carbonyl (C=O) groups is 2. The molecule has 5 aliphatic rings. The summed E-state index contributed by atoms with van der Waals surface area (Å²) in [7, 11) is 0. The first-order valence-corrected chi connectivity index (χ1v) is 13.6. The van der Waals surface area contributed by atoms with Crippen LogP contribution < -0.4 is 20.1 Å². The third kappa shape index (κ3) is 4.44. The standard InChI is InChI=1S/C30H34N4O5/c1-3-30-12-5-4-6-18-7-9-24-21(14-18)26(29(2,37)17-39-24)32-27(36)19-8-10-23-20(15-19)22(11-13-38-23)34(25(35)16-30)28(31)33-30/h4,6-10,14-15,22,26,37H,3,5,11-13,16-17H2,1-2H3,(H2,31,33)(H,32,36)/b6-4+/t22-,26-,29-,30-/m1/s1. The molecule has 0 spiro atoms. The minimum atomic E-state index is -1.32. The minimum Gasteiger partial charge on any atom is -0.493 e. The van der Waals surface area contributed by atoms with Gasteiger partial charge in [0.1, 0.15) is 23.7 Å². The van der Waals surface area contributed by atoms with Crippen LogP contribution in [-0.2, 0) is 4.79 Å². The highest BCUT2D eigenvalue weighted by Crippen LogP contribution is 2.41. The number of benzene rings is 2. The number of ether oxygens (including phenoxy) is 2. The van der Waals surface area contributed by atoms with E-state index in [4.69, 9.17) is 14.9 Å². The second-order valence-corrected chi connectivity index (χ2v) is 11.2. The second-order valence-electron chi connectivity index (χ2n) is 11.2. The van der Waals surface area contributed by atoms with E-state index >= 15 is 0 Å². The summed E-state index contributed by atoms with van der Waals surface area (Å²) in [6, 6.07) is 9.82. The summed E-state index contributed by atoms with van der Waals surface area (Å²) >= 11 is 0. The van der Waals surface area contributed by atoms with E-state index in [9.17, 15) is 14.7 Å². The van der Waals surface area contributed by atoms with Gasteiger partial charge in [-0.05, 0) is 62.1 Å². The van der Waals surface area contributed by atoms with Crippen LogP contribution in [0.15, 0.2) is 42.5 Å². The number of aliphatic hydroxyl groups is 1. The maximum absolute atomic E-state index is 13.6. The van der Waals surface area contributed by atoms with E-state index in [0.717, 1.165) is 17.5 Å². The molecule has 9 heteroatoms. The molecule has 4 N–H and O–H groups in total. The molecule has 0 radical (unpaired) electrons. The third-order valence-electron chi connectivity index (χ3n) is 8.51. The Kier molecular flexibility index (Phi) is 6.14. The highest BCUT2D eigenvalue weighted by Gasteiger charge is 2.44. The predicted molar refractivity (Wildman–Crippen MR) is 146 cm³/mol. The maximum atomic E-state index is 13.6. The fraction of sp³-hybridized carbons (Fsp3) is 0.433. The molecule has 4 atom stereocenters. The van der Waals surface area contributed by atoms with E-state index in [-0.39, 0.29) is 24.4 Å². The quantitative estimate of drug-likeness (QED) is 0.444. The SMILES string of the molecule is CC[C@]12CC/C=C/c3ccc4c(c3)[C@@H](NC(=O)c3ccc5c(c3)[C@@H](CCO5)N(C(=N)N1)C(=O)C2)[C@](C)(O)CO4. The number of hydrogen-bond acceptors (Lipinski definition) is 6. The number of hydrogen-bond donors (Lipinski definition) is 4. The zero-order valence-electron chi connectivity index (χ0n) is 22.3. The van der Waals surface area contributed by atoms with Crippen LogP contribution in [-0.4, -0.2) is 52.1 Å². The topological polar surface area (TPSA) is 124 Å². The van der Waals surface area contributed by atoms with Crippen LogP contribution in [0.25, 0.3) is 6.08 Å². The van der Waals surface area contributed by atoms with Crippen molar-refractivity contribution in [1.29, 1.82) is 5.41 Å². The van der Waals surface area contributed by atoms with E-state index < -0.39 is 23.2 Å². The third-order valence-corrected chi connectivity index (χ3v) is 8.51. The highest BCUT2D eigenvalue weighted by atomic mass is 16.5. The lowest BCUT2D eigenvalue weighted by atomic mass is 9.83. The van der Waals surface area contributed by atoms with Gasteiger partial charge in [-0.2, -0.15) is 0 Å². The van der Waals surface area contributed by atoms with Crippen molar-refractivity contribution in [1.82, 2.24) is 15.5 Å². The molecule has 0 aliphatic carbocycles. The van der Waals surface area contributed by atoms with Gasteiger partial charge in [0, 0.05) is 28.7 Å². The van der Waals surface area contributed by atoms with Crippen LogP contribution in [0, 0.1) is 5.41 Å². The second kappa shape index (κ2) is 9.41. The molecular formula is C30H34N4O5. The normalized spacial score (nSPS) is 30.7. The first kappa shape index (κ1) is 25.4. The molecule has 0 aromatic heterocycles. The van der Waals surface area contributed by atoms with Crippen molar-refractivity contribution in [2.24, 2.45) is 0 Å². The fourth-order valence-electron chi connectivity index (χ4n) is 6.21. The zero-order valence-corrected chi connectivity index (χ0v) is 22.3. The highest BCUT2D eigenvalue weighted by molar-refractivity contribution is 6.00. The molecule has 0 saturated carbocycles. The Morgan fingerprint density at radius 1 is 1.13 bits per heavy atom. The van der Waals surface area contributed by atoms with Gasteiger partial charge in [-0.25, -0.2) is 0 Å². The predicted octanol–water partition coefficient (Wildman–Crippen LogP) is 3.84. The average molecular weight is 531 g/mol. The first-order valence-electron chi connectivity index (χ1n) is 13.6. The lowest BCUT2D eigenvalue weighted by Gasteiger charge is -2.46. The van der Waals surface area contributed by atoms with Gasteiger partial charge in [0.15, 0.2) is 5.96 Å². The van der Waals surface area contributed by atoms with E-state index in [1.165, 1.54) is 4.90 Å². The number of guanidine groups is 1. The van der Waals surface area contributed by atoms with E-state index in [0.29, 0.717) is 54.9 Å². The van der Waals surface area contributed by atoms with E-state index in [1.807, 2.05) is 31.2 Å². The van der Waals surface area contributed by atoms with Crippen LogP contribution >= 0.6 is 0 Å². The van der Waals surface area contributed by atoms with Crippen LogP contribution in [0.5, 0.6) is 11.5 Å². The lowest BCUT2D eigenvalue weighted by molar-refractivity contribution is -0.133. The Morgan fingerprint density at radius 3 is 2.72 bits per heavy atom. The molecule has 6 bridgehead atoms. The van der Waals surface area contributed by atoms with Crippen molar-refractivity contribution in [3.63, 3.8) is 0 Å². The van der Waals surface area contributed by atoms with Crippen molar-refractivity contribution in [3.8, 4) is 11.5 Å². The maximum Gasteiger partial charge on any atom is 0.251 e. The Balaban J connectivity index is 1.46. The number of amides is 2. The fourth-order valence-corrected chi connectivity index (χ4v) is 6.21. The molecule has 2 amide bonds. The Hall–Kier alpha value is -3.85. The van der Waals surface area contributed by atoms with Crippen molar-refractivity contribution in [3.05, 3.63) is 64.7 Å². The first-order chi connectivity index (χ1) is 18.7. The van der Waals surface area contributed by atoms with Gasteiger partial charge in [-0.3, -0.25) is 19.9 Å². The van der Waals surface area contributed by atoms with Crippen molar-refractivity contribution < 1.29 is 24.2 Å². The molecule has 7 rings (SSSR count). The molecule has 2 aromatic rings. The molecular weight excluding hydrogens is 496 g/mol. The van der Waals surface area contributed by atoms with E-state index in [2.05, 4.69) is 16.7 Å². The Bertz CT molecular complexity index is 1370. The largest absolute Gasteiger partial charge is 0.493 e. The molecule has 39 heavy (non-hydrogen) atoms. The number of rotatable bonds is 1. The molecule has 2 aromatic carbocycles. The number of fused-ring (bicyclic) bond motifs is 5. The van der Waals surface area contributed by atoms with Gasteiger partial charge in [-0.15, -0.1) is 0 Å². The number of allylic oxidation sites excluding steroid dienone is 1. The van der Waals surface area contributed by atoms with Crippen LogP contribution in [0.1, 0.15) is 85.1 Å². The number of nitrogens with zero attached hydrogens (tertiary/aromatic N) is 1. The Morgan fingerprint density at radius 2 is 1.92 bits per heavy atom. The van der Waals surface area contributed by atoms with Crippen LogP contribution in [0.3, 0.4) is 0 Å². The van der Waals surface area contributed by atoms with Crippen LogP contribution in [0.2, 0.25) is 0 Å². The molecule has 5 heterocycles.